The molecule has 1 rings (SSSR count). The minimum absolute atomic E-state index is 0.0842. The van der Waals surface area contributed by atoms with Crippen LogP contribution < -0.4 is 0 Å². The Balaban J connectivity index is 2.34. The number of likely N-dealkylation sites (N-methyl/N-ethyl adjacent to an activating group) is 1. The first-order chi connectivity index (χ1) is 7.24. The van der Waals surface area contributed by atoms with Gasteiger partial charge in [-0.1, -0.05) is 6.07 Å². The fraction of sp³-hybridized carbons (Fsp3) is 0.455. The van der Waals surface area contributed by atoms with Crippen LogP contribution in [0.2, 0.25) is 0 Å². The lowest BCUT2D eigenvalue weighted by Crippen LogP contribution is -2.29. The molecule has 1 amide bonds. The van der Waals surface area contributed by atoms with E-state index in [4.69, 9.17) is 11.6 Å². The summed E-state index contributed by atoms with van der Waals surface area (Å²) in [6, 6.07) is 5.79. The number of rotatable bonds is 5. The van der Waals surface area contributed by atoms with Gasteiger partial charge in [0.1, 0.15) is 0 Å². The van der Waals surface area contributed by atoms with Crippen molar-refractivity contribution in [2.24, 2.45) is 0 Å². The van der Waals surface area contributed by atoms with Gasteiger partial charge in [-0.2, -0.15) is 0 Å². The van der Waals surface area contributed by atoms with Gasteiger partial charge in [0, 0.05) is 44.2 Å². The highest BCUT2D eigenvalue weighted by molar-refractivity contribution is 6.18. The summed E-state index contributed by atoms with van der Waals surface area (Å²) in [6.07, 6.45) is 2.95. The molecule has 0 spiro atoms. The van der Waals surface area contributed by atoms with Crippen LogP contribution >= 0.6 is 11.6 Å². The van der Waals surface area contributed by atoms with Gasteiger partial charge in [0.05, 0.1) is 0 Å². The Kier molecular flexibility index (Phi) is 5.12. The summed E-state index contributed by atoms with van der Waals surface area (Å²) in [7, 11) is 1.79. The third-order valence-electron chi connectivity index (χ3n) is 2.16. The number of carbonyl (C=O) groups is 1. The Morgan fingerprint density at radius 2 is 2.33 bits per heavy atom. The second kappa shape index (κ2) is 6.40. The topological polar surface area (TPSA) is 33.2 Å². The molecule has 0 radical (unpaired) electrons. The molecule has 0 N–H and O–H groups in total. The lowest BCUT2D eigenvalue weighted by atomic mass is 10.2. The number of nitrogens with zero attached hydrogens (tertiary/aromatic N) is 2. The smallest absolute Gasteiger partial charge is 0.223 e. The number of halogens is 1. The molecule has 0 aromatic carbocycles. The van der Waals surface area contributed by atoms with Gasteiger partial charge >= 0.3 is 0 Å². The number of alkyl halides is 1. The maximum atomic E-state index is 11.4. The highest BCUT2D eigenvalue weighted by Crippen LogP contribution is 1.98. The van der Waals surface area contributed by atoms with E-state index in [1.165, 1.54) is 0 Å². The fourth-order valence-corrected chi connectivity index (χ4v) is 1.39. The van der Waals surface area contributed by atoms with Crippen LogP contribution in [0.5, 0.6) is 0 Å². The average molecular weight is 227 g/mol. The van der Waals surface area contributed by atoms with Crippen molar-refractivity contribution in [3.63, 3.8) is 0 Å². The molecule has 82 valence electrons. The molecular weight excluding hydrogens is 212 g/mol. The van der Waals surface area contributed by atoms with Crippen molar-refractivity contribution < 1.29 is 4.79 Å². The minimum Gasteiger partial charge on any atom is -0.345 e. The predicted molar refractivity (Wildman–Crippen MR) is 60.9 cm³/mol. The predicted octanol–water partition coefficient (Wildman–Crippen LogP) is 1.71. The van der Waals surface area contributed by atoms with E-state index < -0.39 is 0 Å². The van der Waals surface area contributed by atoms with Crippen LogP contribution in [0.3, 0.4) is 0 Å². The summed E-state index contributed by atoms with van der Waals surface area (Å²) in [6.45, 7) is 0.687. The highest BCUT2D eigenvalue weighted by atomic mass is 35.5. The number of aromatic nitrogens is 1. The second-order valence-corrected chi connectivity index (χ2v) is 3.70. The standard InChI is InChI=1S/C11H15ClN2O/c1-14(11(15)5-7-12)9-6-10-4-2-3-8-13-10/h2-4,8H,5-7,9H2,1H3. The van der Waals surface area contributed by atoms with Crippen LogP contribution in [0.4, 0.5) is 0 Å². The normalized spacial score (nSPS) is 10.0. The number of hydrogen-bond acceptors (Lipinski definition) is 2. The third-order valence-corrected chi connectivity index (χ3v) is 2.35. The number of hydrogen-bond donors (Lipinski definition) is 0. The molecule has 0 saturated carbocycles. The van der Waals surface area contributed by atoms with Crippen molar-refractivity contribution >= 4 is 17.5 Å². The maximum Gasteiger partial charge on any atom is 0.223 e. The first-order valence-corrected chi connectivity index (χ1v) is 5.47. The van der Waals surface area contributed by atoms with Crippen molar-refractivity contribution in [1.29, 1.82) is 0 Å². The number of amides is 1. The van der Waals surface area contributed by atoms with Crippen molar-refractivity contribution in [2.45, 2.75) is 12.8 Å². The van der Waals surface area contributed by atoms with Crippen molar-refractivity contribution in [2.75, 3.05) is 19.5 Å². The lowest BCUT2D eigenvalue weighted by Gasteiger charge is -2.15. The van der Waals surface area contributed by atoms with Gasteiger partial charge in [-0.3, -0.25) is 9.78 Å². The molecule has 0 atom stereocenters. The summed E-state index contributed by atoms with van der Waals surface area (Å²) < 4.78 is 0. The third kappa shape index (κ3) is 4.30. The molecule has 0 aliphatic rings. The summed E-state index contributed by atoms with van der Waals surface area (Å²) in [5.74, 6) is 0.466. The van der Waals surface area contributed by atoms with E-state index in [9.17, 15) is 4.79 Å². The first kappa shape index (κ1) is 12.0. The van der Waals surface area contributed by atoms with Gasteiger partial charge in [-0.25, -0.2) is 0 Å². The van der Waals surface area contributed by atoms with E-state index in [2.05, 4.69) is 4.98 Å². The molecule has 0 aliphatic carbocycles. The molecule has 0 unspecified atom stereocenters. The number of pyridine rings is 1. The van der Waals surface area contributed by atoms with Crippen LogP contribution in [-0.2, 0) is 11.2 Å². The summed E-state index contributed by atoms with van der Waals surface area (Å²) in [4.78, 5) is 17.3. The van der Waals surface area contributed by atoms with Gasteiger partial charge in [0.2, 0.25) is 5.91 Å². The molecule has 0 bridgehead atoms. The first-order valence-electron chi connectivity index (χ1n) is 4.94. The van der Waals surface area contributed by atoms with Crippen LogP contribution in [0.1, 0.15) is 12.1 Å². The molecule has 15 heavy (non-hydrogen) atoms. The SMILES string of the molecule is CN(CCc1ccccn1)C(=O)CCCl. The van der Waals surface area contributed by atoms with E-state index in [0.29, 0.717) is 18.8 Å². The van der Waals surface area contributed by atoms with Crippen molar-refractivity contribution in [3.8, 4) is 0 Å². The zero-order valence-corrected chi connectivity index (χ0v) is 9.57. The van der Waals surface area contributed by atoms with E-state index in [-0.39, 0.29) is 5.91 Å². The Labute approximate surface area is 95.1 Å². The van der Waals surface area contributed by atoms with Gasteiger partial charge in [-0.05, 0) is 12.1 Å². The minimum atomic E-state index is 0.0842. The average Bonchev–Trinajstić information content (AvgIpc) is 2.27. The molecule has 4 heteroatoms. The molecule has 0 fully saturated rings. The van der Waals surface area contributed by atoms with E-state index >= 15 is 0 Å². The second-order valence-electron chi connectivity index (χ2n) is 3.33. The molecule has 1 heterocycles. The molecule has 0 saturated heterocycles. The van der Waals surface area contributed by atoms with Crippen molar-refractivity contribution in [3.05, 3.63) is 30.1 Å². The Morgan fingerprint density at radius 3 is 2.93 bits per heavy atom. The van der Waals surface area contributed by atoms with Gasteiger partial charge in [-0.15, -0.1) is 11.6 Å². The maximum absolute atomic E-state index is 11.4. The van der Waals surface area contributed by atoms with Gasteiger partial charge in [0.25, 0.3) is 0 Å². The Bertz CT molecular complexity index is 303. The van der Waals surface area contributed by atoms with Crippen LogP contribution in [-0.4, -0.2) is 35.3 Å². The quantitative estimate of drug-likeness (QED) is 0.717. The molecular formula is C11H15ClN2O. The van der Waals surface area contributed by atoms with Gasteiger partial charge < -0.3 is 4.90 Å². The van der Waals surface area contributed by atoms with Crippen LogP contribution in [0.25, 0.3) is 0 Å². The zero-order valence-electron chi connectivity index (χ0n) is 8.82. The Morgan fingerprint density at radius 1 is 1.53 bits per heavy atom. The van der Waals surface area contributed by atoms with E-state index in [0.717, 1.165) is 12.1 Å². The van der Waals surface area contributed by atoms with Crippen LogP contribution in [0, 0.1) is 0 Å². The molecule has 0 aliphatic heterocycles. The van der Waals surface area contributed by atoms with Crippen LogP contribution in [0.15, 0.2) is 24.4 Å². The summed E-state index contributed by atoms with van der Waals surface area (Å²) in [5.41, 5.74) is 1.00. The molecule has 3 nitrogen and oxygen atoms in total. The summed E-state index contributed by atoms with van der Waals surface area (Å²) in [5, 5.41) is 0. The zero-order chi connectivity index (χ0) is 11.1. The monoisotopic (exact) mass is 226 g/mol. The summed E-state index contributed by atoms with van der Waals surface area (Å²) >= 11 is 5.50. The van der Waals surface area contributed by atoms with E-state index in [1.54, 1.807) is 18.1 Å². The fourth-order valence-electron chi connectivity index (χ4n) is 1.22. The molecule has 1 aromatic heterocycles. The van der Waals surface area contributed by atoms with E-state index in [1.807, 2.05) is 18.2 Å². The van der Waals surface area contributed by atoms with Crippen molar-refractivity contribution in [1.82, 2.24) is 9.88 Å². The molecule has 1 aromatic rings. The van der Waals surface area contributed by atoms with Gasteiger partial charge in [0.15, 0.2) is 0 Å². The highest BCUT2D eigenvalue weighted by Gasteiger charge is 2.07. The largest absolute Gasteiger partial charge is 0.345 e. The number of carbonyl (C=O) groups excluding carboxylic acids is 1. The Hall–Kier alpha value is -1.09. The lowest BCUT2D eigenvalue weighted by molar-refractivity contribution is -0.129.